The topological polar surface area (TPSA) is 47.3 Å². The molecule has 0 aliphatic carbocycles. The average Bonchev–Trinajstić information content (AvgIpc) is 1.99. The normalized spacial score (nSPS) is 13.6. The summed E-state index contributed by atoms with van der Waals surface area (Å²) in [6.45, 7) is 14.1. The van der Waals surface area contributed by atoms with E-state index in [1.54, 1.807) is 0 Å². The van der Waals surface area contributed by atoms with E-state index in [1.807, 2.05) is 13.8 Å². The van der Waals surface area contributed by atoms with Gasteiger partial charge in [-0.3, -0.25) is 0 Å². The highest BCUT2D eigenvalue weighted by molar-refractivity contribution is 4.76. The van der Waals surface area contributed by atoms with Crippen LogP contribution in [0.25, 0.3) is 0 Å². The third-order valence-corrected chi connectivity index (χ3v) is 2.11. The Hall–Kier alpha value is -0.120. The van der Waals surface area contributed by atoms with Crippen molar-refractivity contribution in [3.63, 3.8) is 0 Å². The van der Waals surface area contributed by atoms with Crippen LogP contribution < -0.4 is 11.1 Å². The molecule has 0 saturated heterocycles. The summed E-state index contributed by atoms with van der Waals surface area (Å²) in [7, 11) is 0. The Morgan fingerprint density at radius 1 is 1.20 bits per heavy atom. The Kier molecular flexibility index (Phi) is 5.78. The highest BCUT2D eigenvalue weighted by atomic mass is 16.5. The molecule has 0 spiro atoms. The van der Waals surface area contributed by atoms with E-state index in [9.17, 15) is 0 Å². The molecular weight excluding hydrogens is 188 g/mol. The van der Waals surface area contributed by atoms with E-state index in [1.165, 1.54) is 0 Å². The van der Waals surface area contributed by atoms with E-state index < -0.39 is 0 Å². The second-order valence-corrected chi connectivity index (χ2v) is 5.90. The van der Waals surface area contributed by atoms with Gasteiger partial charge in [0.2, 0.25) is 0 Å². The van der Waals surface area contributed by atoms with E-state index in [-0.39, 0.29) is 11.1 Å². The summed E-state index contributed by atoms with van der Waals surface area (Å²) in [6.07, 6.45) is 1.00. The number of nitrogens with one attached hydrogen (secondary N) is 1. The van der Waals surface area contributed by atoms with E-state index >= 15 is 0 Å². The van der Waals surface area contributed by atoms with Gasteiger partial charge in [0, 0.05) is 11.6 Å². The van der Waals surface area contributed by atoms with Gasteiger partial charge in [-0.15, -0.1) is 0 Å². The zero-order chi connectivity index (χ0) is 12.1. The molecule has 0 bridgehead atoms. The molecule has 0 amide bonds. The minimum Gasteiger partial charge on any atom is -0.374 e. The van der Waals surface area contributed by atoms with Crippen LogP contribution in [0.1, 0.15) is 48.0 Å². The first-order valence-corrected chi connectivity index (χ1v) is 5.79. The molecule has 0 unspecified atom stereocenters. The zero-order valence-corrected chi connectivity index (χ0v) is 11.2. The Morgan fingerprint density at radius 2 is 1.73 bits per heavy atom. The van der Waals surface area contributed by atoms with Crippen LogP contribution in [0.15, 0.2) is 0 Å². The summed E-state index contributed by atoms with van der Waals surface area (Å²) in [5.41, 5.74) is 5.53. The molecule has 0 aromatic heterocycles. The molecule has 0 aromatic rings. The van der Waals surface area contributed by atoms with Crippen molar-refractivity contribution in [2.75, 3.05) is 13.2 Å². The van der Waals surface area contributed by atoms with E-state index in [0.29, 0.717) is 12.6 Å². The van der Waals surface area contributed by atoms with Crippen LogP contribution in [0.4, 0.5) is 0 Å². The van der Waals surface area contributed by atoms with Gasteiger partial charge >= 0.3 is 0 Å². The first-order valence-electron chi connectivity index (χ1n) is 5.79. The average molecular weight is 216 g/mol. The highest BCUT2D eigenvalue weighted by Crippen LogP contribution is 2.15. The molecule has 0 fully saturated rings. The largest absolute Gasteiger partial charge is 0.374 e. The Balaban J connectivity index is 3.77. The molecule has 0 heterocycles. The lowest BCUT2D eigenvalue weighted by molar-refractivity contribution is -0.0411. The molecule has 3 heteroatoms. The maximum atomic E-state index is 5.88. The molecule has 0 aliphatic heterocycles. The predicted octanol–water partition coefficient (Wildman–Crippen LogP) is 1.91. The number of hydrogen-bond donors (Lipinski definition) is 2. The van der Waals surface area contributed by atoms with Gasteiger partial charge in [-0.05, 0) is 40.7 Å². The molecule has 15 heavy (non-hydrogen) atoms. The molecule has 0 saturated carbocycles. The minimum atomic E-state index is -0.247. The maximum Gasteiger partial charge on any atom is 0.0648 e. The van der Waals surface area contributed by atoms with Crippen molar-refractivity contribution >= 4 is 0 Å². The van der Waals surface area contributed by atoms with Gasteiger partial charge < -0.3 is 15.8 Å². The quantitative estimate of drug-likeness (QED) is 0.683. The molecule has 92 valence electrons. The Labute approximate surface area is 94.8 Å². The van der Waals surface area contributed by atoms with Gasteiger partial charge in [0.05, 0.1) is 12.2 Å². The Bertz CT molecular complexity index is 171. The number of ether oxygens (including phenoxy) is 1. The van der Waals surface area contributed by atoms with Crippen LogP contribution in [0.2, 0.25) is 0 Å². The van der Waals surface area contributed by atoms with Crippen LogP contribution in [0.3, 0.4) is 0 Å². The molecule has 0 atom stereocenters. The van der Waals surface area contributed by atoms with Gasteiger partial charge in [0.25, 0.3) is 0 Å². The van der Waals surface area contributed by atoms with Crippen molar-refractivity contribution in [1.82, 2.24) is 5.32 Å². The van der Waals surface area contributed by atoms with Crippen molar-refractivity contribution in [3.8, 4) is 0 Å². The fourth-order valence-corrected chi connectivity index (χ4v) is 1.12. The Morgan fingerprint density at radius 3 is 2.13 bits per heavy atom. The minimum absolute atomic E-state index is 0.0987. The molecule has 0 radical (unpaired) electrons. The SMILES string of the molecule is CC(C)NCCC(C)(C)OCC(C)(C)N. The van der Waals surface area contributed by atoms with Crippen LogP contribution in [0, 0.1) is 0 Å². The number of rotatable bonds is 7. The summed E-state index contributed by atoms with van der Waals surface area (Å²) in [5, 5.41) is 3.39. The number of hydrogen-bond acceptors (Lipinski definition) is 3. The third kappa shape index (κ3) is 10.2. The van der Waals surface area contributed by atoms with Crippen LogP contribution in [-0.2, 0) is 4.74 Å². The van der Waals surface area contributed by atoms with Crippen molar-refractivity contribution < 1.29 is 4.74 Å². The molecular formula is C12H28N2O. The summed E-state index contributed by atoms with van der Waals surface area (Å²) >= 11 is 0. The van der Waals surface area contributed by atoms with Gasteiger partial charge in [-0.2, -0.15) is 0 Å². The van der Waals surface area contributed by atoms with Gasteiger partial charge in [-0.1, -0.05) is 13.8 Å². The fraction of sp³-hybridized carbons (Fsp3) is 1.00. The second-order valence-electron chi connectivity index (χ2n) is 5.90. The van der Waals surface area contributed by atoms with E-state index in [2.05, 4.69) is 33.0 Å². The lowest BCUT2D eigenvalue weighted by Crippen LogP contribution is -2.42. The van der Waals surface area contributed by atoms with Crippen molar-refractivity contribution in [3.05, 3.63) is 0 Å². The van der Waals surface area contributed by atoms with Crippen LogP contribution in [0.5, 0.6) is 0 Å². The van der Waals surface area contributed by atoms with Gasteiger partial charge in [-0.25, -0.2) is 0 Å². The molecule has 3 nitrogen and oxygen atoms in total. The van der Waals surface area contributed by atoms with E-state index in [0.717, 1.165) is 13.0 Å². The predicted molar refractivity (Wildman–Crippen MR) is 66.1 cm³/mol. The summed E-state index contributed by atoms with van der Waals surface area (Å²) in [5.74, 6) is 0. The lowest BCUT2D eigenvalue weighted by Gasteiger charge is -2.30. The first-order chi connectivity index (χ1) is 6.62. The molecule has 0 aliphatic rings. The molecule has 3 N–H and O–H groups in total. The smallest absolute Gasteiger partial charge is 0.0648 e. The van der Waals surface area contributed by atoms with Crippen molar-refractivity contribution in [2.24, 2.45) is 5.73 Å². The van der Waals surface area contributed by atoms with Crippen molar-refractivity contribution in [1.29, 1.82) is 0 Å². The standard InChI is InChI=1S/C12H28N2O/c1-10(2)14-8-7-12(5,6)15-9-11(3,4)13/h10,14H,7-9,13H2,1-6H3. The van der Waals surface area contributed by atoms with E-state index in [4.69, 9.17) is 10.5 Å². The number of nitrogens with two attached hydrogens (primary N) is 1. The zero-order valence-electron chi connectivity index (χ0n) is 11.2. The third-order valence-electron chi connectivity index (χ3n) is 2.11. The lowest BCUT2D eigenvalue weighted by atomic mass is 10.0. The second kappa shape index (κ2) is 5.83. The van der Waals surface area contributed by atoms with Gasteiger partial charge in [0.1, 0.15) is 0 Å². The molecule has 0 aromatic carbocycles. The highest BCUT2D eigenvalue weighted by Gasteiger charge is 2.21. The summed E-state index contributed by atoms with van der Waals surface area (Å²) in [4.78, 5) is 0. The fourth-order valence-electron chi connectivity index (χ4n) is 1.12. The summed E-state index contributed by atoms with van der Waals surface area (Å²) in [6, 6.07) is 0.534. The summed E-state index contributed by atoms with van der Waals surface area (Å²) < 4.78 is 5.81. The van der Waals surface area contributed by atoms with Crippen LogP contribution in [-0.4, -0.2) is 30.3 Å². The first kappa shape index (κ1) is 14.9. The maximum absolute atomic E-state index is 5.88. The monoisotopic (exact) mass is 216 g/mol. The van der Waals surface area contributed by atoms with Crippen LogP contribution >= 0.6 is 0 Å². The molecule has 0 rings (SSSR count). The van der Waals surface area contributed by atoms with Crippen molar-refractivity contribution in [2.45, 2.75) is 65.1 Å². The van der Waals surface area contributed by atoms with Gasteiger partial charge in [0.15, 0.2) is 0 Å².